The second-order valence-corrected chi connectivity index (χ2v) is 6.12. The van der Waals surface area contributed by atoms with Crippen molar-refractivity contribution in [3.8, 4) is 0 Å². The van der Waals surface area contributed by atoms with Crippen molar-refractivity contribution in [2.45, 2.75) is 26.3 Å². The Kier molecular flexibility index (Phi) is 5.73. The molecular weight excluding hydrogens is 272 g/mol. The first-order chi connectivity index (χ1) is 10.5. The summed E-state index contributed by atoms with van der Waals surface area (Å²) in [4.78, 5) is 13.2. The second kappa shape index (κ2) is 7.76. The molecule has 0 radical (unpaired) electrons. The Morgan fingerprint density at radius 2 is 1.68 bits per heavy atom. The minimum Gasteiger partial charge on any atom is -0.326 e. The van der Waals surface area contributed by atoms with Crippen LogP contribution in [0.2, 0.25) is 0 Å². The van der Waals surface area contributed by atoms with E-state index in [0.717, 1.165) is 12.2 Å². The molecule has 3 heteroatoms. The van der Waals surface area contributed by atoms with Crippen molar-refractivity contribution in [3.63, 3.8) is 0 Å². The summed E-state index contributed by atoms with van der Waals surface area (Å²) in [5.74, 6) is 0.596. The average molecular weight is 297 g/mol. The van der Waals surface area contributed by atoms with Crippen LogP contribution >= 0.6 is 0 Å². The van der Waals surface area contributed by atoms with Gasteiger partial charge in [0.15, 0.2) is 6.54 Å². The van der Waals surface area contributed by atoms with E-state index in [1.54, 1.807) is 0 Å². The molecule has 2 N–H and O–H groups in total. The van der Waals surface area contributed by atoms with E-state index in [4.69, 9.17) is 0 Å². The number of benzene rings is 2. The van der Waals surface area contributed by atoms with Crippen molar-refractivity contribution in [2.24, 2.45) is 0 Å². The number of nitrogens with one attached hydrogen (secondary N) is 2. The summed E-state index contributed by atoms with van der Waals surface area (Å²) in [6.07, 6.45) is 0. The Bertz CT molecular complexity index is 591. The van der Waals surface area contributed by atoms with Gasteiger partial charge in [-0.2, -0.15) is 0 Å². The Morgan fingerprint density at radius 3 is 2.27 bits per heavy atom. The highest BCUT2D eigenvalue weighted by molar-refractivity contribution is 5.91. The summed E-state index contributed by atoms with van der Waals surface area (Å²) in [7, 11) is 2.04. The first kappa shape index (κ1) is 16.2. The number of anilines is 1. The van der Waals surface area contributed by atoms with Gasteiger partial charge in [0.05, 0.1) is 7.05 Å². The number of carbonyl (C=O) groups is 1. The number of hydrogen-bond donors (Lipinski definition) is 2. The van der Waals surface area contributed by atoms with E-state index in [9.17, 15) is 4.79 Å². The molecule has 0 aliphatic carbocycles. The maximum atomic E-state index is 12.0. The van der Waals surface area contributed by atoms with Gasteiger partial charge in [-0.25, -0.2) is 0 Å². The molecule has 0 aliphatic rings. The number of hydrogen-bond acceptors (Lipinski definition) is 1. The first-order valence-electron chi connectivity index (χ1n) is 7.79. The predicted molar refractivity (Wildman–Crippen MR) is 91.1 cm³/mol. The minimum absolute atomic E-state index is 0.0440. The zero-order valence-corrected chi connectivity index (χ0v) is 13.6. The molecule has 0 fully saturated rings. The van der Waals surface area contributed by atoms with E-state index in [2.05, 4.69) is 43.4 Å². The predicted octanol–water partition coefficient (Wildman–Crippen LogP) is 2.46. The molecule has 0 aromatic heterocycles. The largest absolute Gasteiger partial charge is 0.326 e. The summed E-state index contributed by atoms with van der Waals surface area (Å²) in [6.45, 7) is 5.70. The summed E-state index contributed by atoms with van der Waals surface area (Å²) in [5.41, 5.74) is 3.46. The standard InChI is InChI=1S/C19H24N2O/c1-15(2)17-11-9-16(10-12-17)13-21(3)14-19(22)20-18-7-5-4-6-8-18/h4-12,15H,13-14H2,1-3H3,(H,20,22)/p+1. The van der Waals surface area contributed by atoms with Crippen molar-refractivity contribution in [1.82, 2.24) is 0 Å². The van der Waals surface area contributed by atoms with Gasteiger partial charge in [-0.3, -0.25) is 4.79 Å². The highest BCUT2D eigenvalue weighted by Gasteiger charge is 2.11. The SMILES string of the molecule is CC(C)c1ccc(C[NH+](C)CC(=O)Nc2ccccc2)cc1. The monoisotopic (exact) mass is 297 g/mol. The normalized spacial score (nSPS) is 12.2. The average Bonchev–Trinajstić information content (AvgIpc) is 2.48. The van der Waals surface area contributed by atoms with Gasteiger partial charge in [0.2, 0.25) is 0 Å². The summed E-state index contributed by atoms with van der Waals surface area (Å²) in [5, 5.41) is 2.92. The molecule has 22 heavy (non-hydrogen) atoms. The van der Waals surface area contributed by atoms with Crippen LogP contribution in [0.4, 0.5) is 5.69 Å². The number of carbonyl (C=O) groups excluding carboxylic acids is 1. The van der Waals surface area contributed by atoms with Crippen LogP contribution in [0.25, 0.3) is 0 Å². The summed E-state index contributed by atoms with van der Waals surface area (Å²) >= 11 is 0. The number of rotatable bonds is 6. The lowest BCUT2D eigenvalue weighted by Crippen LogP contribution is -3.08. The van der Waals surface area contributed by atoms with Crippen molar-refractivity contribution in [2.75, 3.05) is 18.9 Å². The number of para-hydroxylation sites is 1. The van der Waals surface area contributed by atoms with Crippen molar-refractivity contribution in [3.05, 3.63) is 65.7 Å². The lowest BCUT2D eigenvalue weighted by molar-refractivity contribution is -0.885. The van der Waals surface area contributed by atoms with Crippen molar-refractivity contribution >= 4 is 11.6 Å². The van der Waals surface area contributed by atoms with Gasteiger partial charge in [-0.05, 0) is 23.6 Å². The third-order valence-electron chi connectivity index (χ3n) is 3.67. The van der Waals surface area contributed by atoms with Gasteiger partial charge >= 0.3 is 0 Å². The Hall–Kier alpha value is -2.13. The van der Waals surface area contributed by atoms with E-state index < -0.39 is 0 Å². The van der Waals surface area contributed by atoms with Crippen LogP contribution in [-0.4, -0.2) is 19.5 Å². The van der Waals surface area contributed by atoms with Gasteiger partial charge in [-0.1, -0.05) is 56.3 Å². The topological polar surface area (TPSA) is 33.5 Å². The lowest BCUT2D eigenvalue weighted by Gasteiger charge is -2.14. The molecule has 2 aromatic rings. The molecule has 2 aromatic carbocycles. The Morgan fingerprint density at radius 1 is 1.05 bits per heavy atom. The number of likely N-dealkylation sites (N-methyl/N-ethyl adjacent to an activating group) is 1. The zero-order chi connectivity index (χ0) is 15.9. The fourth-order valence-electron chi connectivity index (χ4n) is 2.43. The van der Waals surface area contributed by atoms with Gasteiger partial charge in [-0.15, -0.1) is 0 Å². The van der Waals surface area contributed by atoms with Crippen molar-refractivity contribution in [1.29, 1.82) is 0 Å². The van der Waals surface area contributed by atoms with Crippen LogP contribution in [0.1, 0.15) is 30.9 Å². The molecule has 1 amide bonds. The molecule has 0 heterocycles. The van der Waals surface area contributed by atoms with Crippen LogP contribution in [0, 0.1) is 0 Å². The minimum atomic E-state index is 0.0440. The molecule has 0 saturated heterocycles. The van der Waals surface area contributed by atoms with Crippen LogP contribution in [0.15, 0.2) is 54.6 Å². The molecule has 0 saturated carbocycles. The van der Waals surface area contributed by atoms with Crippen LogP contribution in [0.3, 0.4) is 0 Å². The van der Waals surface area contributed by atoms with Crippen molar-refractivity contribution < 1.29 is 9.69 Å². The maximum Gasteiger partial charge on any atom is 0.279 e. The van der Waals surface area contributed by atoms with Gasteiger partial charge in [0.1, 0.15) is 6.54 Å². The molecule has 0 spiro atoms. The maximum absolute atomic E-state index is 12.0. The zero-order valence-electron chi connectivity index (χ0n) is 13.6. The Labute approximate surface area is 133 Å². The van der Waals surface area contributed by atoms with E-state index in [0.29, 0.717) is 12.5 Å². The van der Waals surface area contributed by atoms with Crippen LogP contribution in [0.5, 0.6) is 0 Å². The Balaban J connectivity index is 1.84. The quantitative estimate of drug-likeness (QED) is 0.844. The molecule has 1 unspecified atom stereocenters. The fraction of sp³-hybridized carbons (Fsp3) is 0.316. The van der Waals surface area contributed by atoms with Gasteiger partial charge < -0.3 is 10.2 Å². The highest BCUT2D eigenvalue weighted by Crippen LogP contribution is 2.14. The van der Waals surface area contributed by atoms with Gasteiger partial charge in [0, 0.05) is 11.3 Å². The van der Waals surface area contributed by atoms with E-state index in [1.165, 1.54) is 16.0 Å². The molecular formula is C19H25N2O+. The summed E-state index contributed by atoms with van der Waals surface area (Å²) < 4.78 is 0. The highest BCUT2D eigenvalue weighted by atomic mass is 16.2. The second-order valence-electron chi connectivity index (χ2n) is 6.12. The third-order valence-corrected chi connectivity index (χ3v) is 3.67. The van der Waals surface area contributed by atoms with E-state index in [-0.39, 0.29) is 5.91 Å². The first-order valence-corrected chi connectivity index (χ1v) is 7.79. The molecule has 2 rings (SSSR count). The molecule has 0 bridgehead atoms. The summed E-state index contributed by atoms with van der Waals surface area (Å²) in [6, 6.07) is 18.3. The smallest absolute Gasteiger partial charge is 0.279 e. The molecule has 3 nitrogen and oxygen atoms in total. The fourth-order valence-corrected chi connectivity index (χ4v) is 2.43. The molecule has 1 atom stereocenters. The number of quaternary nitrogens is 1. The molecule has 116 valence electrons. The van der Waals surface area contributed by atoms with E-state index in [1.807, 2.05) is 37.4 Å². The van der Waals surface area contributed by atoms with Crippen LogP contribution in [-0.2, 0) is 11.3 Å². The lowest BCUT2D eigenvalue weighted by atomic mass is 10.0. The third kappa shape index (κ3) is 5.01. The number of amides is 1. The van der Waals surface area contributed by atoms with Gasteiger partial charge in [0.25, 0.3) is 5.91 Å². The molecule has 0 aliphatic heterocycles. The van der Waals surface area contributed by atoms with E-state index >= 15 is 0 Å². The van der Waals surface area contributed by atoms with Crippen LogP contribution < -0.4 is 10.2 Å².